The molecule has 4 heteroatoms. The number of anilines is 1. The van der Waals surface area contributed by atoms with Crippen molar-refractivity contribution in [3.63, 3.8) is 0 Å². The lowest BCUT2D eigenvalue weighted by molar-refractivity contribution is -0.384. The molecule has 0 aliphatic heterocycles. The molecule has 4 aromatic rings. The minimum absolute atomic E-state index is 0.0834. The van der Waals surface area contributed by atoms with Gasteiger partial charge in [-0.15, -0.1) is 0 Å². The Labute approximate surface area is 164 Å². The highest BCUT2D eigenvalue weighted by Gasteiger charge is 2.30. The zero-order valence-electron chi connectivity index (χ0n) is 17.3. The van der Waals surface area contributed by atoms with Gasteiger partial charge in [0, 0.05) is 22.0 Å². The molecule has 0 radical (unpaired) electrons. The second kappa shape index (κ2) is 5.57. The minimum atomic E-state index is -0.328. The molecule has 28 heavy (non-hydrogen) atoms. The van der Waals surface area contributed by atoms with Crippen molar-refractivity contribution in [2.75, 3.05) is 5.73 Å². The van der Waals surface area contributed by atoms with Crippen molar-refractivity contribution < 1.29 is 4.92 Å². The summed E-state index contributed by atoms with van der Waals surface area (Å²) in [7, 11) is 0. The van der Waals surface area contributed by atoms with Gasteiger partial charge in [-0.3, -0.25) is 10.1 Å². The topological polar surface area (TPSA) is 69.2 Å². The minimum Gasteiger partial charge on any atom is -0.398 e. The zero-order chi connectivity index (χ0) is 20.6. The number of nitro benzene ring substituents is 1. The van der Waals surface area contributed by atoms with Crippen LogP contribution in [0.2, 0.25) is 0 Å². The number of nitrogen functional groups attached to an aromatic ring is 1. The summed E-state index contributed by atoms with van der Waals surface area (Å²) >= 11 is 0. The summed E-state index contributed by atoms with van der Waals surface area (Å²) in [5.41, 5.74) is 8.99. The molecule has 0 saturated heterocycles. The standard InChI is InChI=1S/C24H26N2O2/c1-23(2,3)17-11-13-8-10-16-20-14(7-9-15(19(13)20)21(17)25)12-18(24(4,5)6)22(16)26(27)28/h7-12H,25H2,1-6H3. The molecule has 4 rings (SSSR count). The molecule has 0 aromatic heterocycles. The maximum absolute atomic E-state index is 12.0. The normalized spacial score (nSPS) is 13.1. The van der Waals surface area contributed by atoms with Crippen molar-refractivity contribution in [2.24, 2.45) is 0 Å². The summed E-state index contributed by atoms with van der Waals surface area (Å²) in [6.07, 6.45) is 0. The lowest BCUT2D eigenvalue weighted by atomic mass is 9.79. The number of rotatable bonds is 1. The van der Waals surface area contributed by atoms with E-state index in [9.17, 15) is 10.1 Å². The molecule has 0 aliphatic rings. The summed E-state index contributed by atoms with van der Waals surface area (Å²) in [6.45, 7) is 12.5. The highest BCUT2D eigenvalue weighted by atomic mass is 16.6. The molecular formula is C24H26N2O2. The SMILES string of the molecule is CC(C)(C)c1cc2ccc3c([N+](=O)[O-])c(C(C)(C)C)cc4ccc(c1N)c2c43. The van der Waals surface area contributed by atoms with E-state index >= 15 is 0 Å². The molecule has 0 bridgehead atoms. The molecule has 0 saturated carbocycles. The summed E-state index contributed by atoms with van der Waals surface area (Å²) in [4.78, 5) is 11.8. The van der Waals surface area contributed by atoms with Crippen molar-refractivity contribution in [2.45, 2.75) is 52.4 Å². The quantitative estimate of drug-likeness (QED) is 0.175. The van der Waals surface area contributed by atoms with Gasteiger partial charge in [0.2, 0.25) is 0 Å². The number of benzene rings is 4. The Morgan fingerprint density at radius 2 is 1.25 bits per heavy atom. The van der Waals surface area contributed by atoms with Crippen LogP contribution in [-0.4, -0.2) is 4.92 Å². The molecule has 0 atom stereocenters. The molecule has 4 nitrogen and oxygen atoms in total. The van der Waals surface area contributed by atoms with E-state index in [0.717, 1.165) is 43.7 Å². The van der Waals surface area contributed by atoms with E-state index in [1.807, 2.05) is 45.0 Å². The molecule has 0 aliphatic carbocycles. The number of hydrogen-bond donors (Lipinski definition) is 1. The van der Waals surface area contributed by atoms with Crippen LogP contribution in [0.5, 0.6) is 0 Å². The molecular weight excluding hydrogens is 348 g/mol. The molecule has 0 heterocycles. The molecule has 0 spiro atoms. The average Bonchev–Trinajstić information content (AvgIpc) is 2.58. The van der Waals surface area contributed by atoms with Crippen molar-refractivity contribution in [1.29, 1.82) is 0 Å². The van der Waals surface area contributed by atoms with Crippen molar-refractivity contribution >= 4 is 43.7 Å². The van der Waals surface area contributed by atoms with Gasteiger partial charge in [0.25, 0.3) is 5.69 Å². The van der Waals surface area contributed by atoms with E-state index in [4.69, 9.17) is 5.73 Å². The van der Waals surface area contributed by atoms with Gasteiger partial charge in [-0.1, -0.05) is 59.7 Å². The Balaban J connectivity index is 2.27. The van der Waals surface area contributed by atoms with Crippen LogP contribution in [0.4, 0.5) is 11.4 Å². The monoisotopic (exact) mass is 374 g/mol. The molecule has 0 unspecified atom stereocenters. The van der Waals surface area contributed by atoms with E-state index in [1.165, 1.54) is 0 Å². The summed E-state index contributed by atoms with van der Waals surface area (Å²) in [5.74, 6) is 0. The fourth-order valence-electron chi connectivity index (χ4n) is 4.35. The highest BCUT2D eigenvalue weighted by molar-refractivity contribution is 6.27. The number of nitrogens with zero attached hydrogens (tertiary/aromatic N) is 1. The van der Waals surface area contributed by atoms with Gasteiger partial charge in [0.1, 0.15) is 0 Å². The highest BCUT2D eigenvalue weighted by Crippen LogP contribution is 2.46. The zero-order valence-corrected chi connectivity index (χ0v) is 17.3. The fraction of sp³-hybridized carbons (Fsp3) is 0.333. The van der Waals surface area contributed by atoms with Crippen LogP contribution in [0.3, 0.4) is 0 Å². The van der Waals surface area contributed by atoms with E-state index < -0.39 is 0 Å². The van der Waals surface area contributed by atoms with Gasteiger partial charge in [-0.2, -0.15) is 0 Å². The van der Waals surface area contributed by atoms with Crippen LogP contribution in [0, 0.1) is 10.1 Å². The lowest BCUT2D eigenvalue weighted by Gasteiger charge is -2.25. The third-order valence-electron chi connectivity index (χ3n) is 5.71. The first-order valence-corrected chi connectivity index (χ1v) is 9.60. The largest absolute Gasteiger partial charge is 0.398 e. The Bertz CT molecular complexity index is 1260. The molecule has 144 valence electrons. The Hall–Kier alpha value is -2.88. The maximum Gasteiger partial charge on any atom is 0.280 e. The smallest absolute Gasteiger partial charge is 0.280 e. The first-order chi connectivity index (χ1) is 12.9. The first kappa shape index (κ1) is 18.5. The summed E-state index contributed by atoms with van der Waals surface area (Å²) in [6, 6.07) is 12.1. The van der Waals surface area contributed by atoms with E-state index in [0.29, 0.717) is 5.39 Å². The molecule has 2 N–H and O–H groups in total. The second-order valence-electron chi connectivity index (χ2n) is 9.79. The molecule has 0 fully saturated rings. The molecule has 0 amide bonds. The predicted octanol–water partition coefficient (Wildman–Crippen LogP) is 6.67. The number of nitro groups is 1. The fourth-order valence-corrected chi connectivity index (χ4v) is 4.35. The van der Waals surface area contributed by atoms with E-state index in [2.05, 4.69) is 32.9 Å². The van der Waals surface area contributed by atoms with Crippen LogP contribution in [0.25, 0.3) is 32.3 Å². The Morgan fingerprint density at radius 1 is 0.786 bits per heavy atom. The van der Waals surface area contributed by atoms with Gasteiger partial charge in [0.05, 0.1) is 10.3 Å². The third kappa shape index (κ3) is 2.51. The van der Waals surface area contributed by atoms with Crippen LogP contribution in [-0.2, 0) is 10.8 Å². The number of nitrogens with two attached hydrogens (primary N) is 1. The third-order valence-corrected chi connectivity index (χ3v) is 5.71. The van der Waals surface area contributed by atoms with Gasteiger partial charge in [-0.05, 0) is 50.8 Å². The second-order valence-corrected chi connectivity index (χ2v) is 9.79. The molecule has 4 aromatic carbocycles. The maximum atomic E-state index is 12.0. The average molecular weight is 374 g/mol. The Kier molecular flexibility index (Phi) is 3.68. The summed E-state index contributed by atoms with van der Waals surface area (Å²) < 4.78 is 0. The first-order valence-electron chi connectivity index (χ1n) is 9.60. The van der Waals surface area contributed by atoms with E-state index in [1.54, 1.807) is 0 Å². The predicted molar refractivity (Wildman–Crippen MR) is 119 cm³/mol. The van der Waals surface area contributed by atoms with Gasteiger partial charge >= 0.3 is 0 Å². The van der Waals surface area contributed by atoms with Gasteiger partial charge in [0.15, 0.2) is 0 Å². The summed E-state index contributed by atoms with van der Waals surface area (Å²) in [5, 5.41) is 17.8. The number of hydrogen-bond acceptors (Lipinski definition) is 3. The van der Waals surface area contributed by atoms with Crippen molar-refractivity contribution in [3.05, 3.63) is 57.6 Å². The van der Waals surface area contributed by atoms with Crippen molar-refractivity contribution in [1.82, 2.24) is 0 Å². The van der Waals surface area contributed by atoms with Gasteiger partial charge < -0.3 is 5.73 Å². The van der Waals surface area contributed by atoms with E-state index in [-0.39, 0.29) is 21.4 Å². The van der Waals surface area contributed by atoms with Crippen LogP contribution in [0.1, 0.15) is 52.7 Å². The van der Waals surface area contributed by atoms with Gasteiger partial charge in [-0.25, -0.2) is 0 Å². The lowest BCUT2D eigenvalue weighted by Crippen LogP contribution is -2.15. The van der Waals surface area contributed by atoms with Crippen LogP contribution in [0.15, 0.2) is 36.4 Å². The van der Waals surface area contributed by atoms with Crippen LogP contribution >= 0.6 is 0 Å². The van der Waals surface area contributed by atoms with Crippen LogP contribution < -0.4 is 5.73 Å². The van der Waals surface area contributed by atoms with Crippen molar-refractivity contribution in [3.8, 4) is 0 Å². The Morgan fingerprint density at radius 3 is 1.75 bits per heavy atom.